The van der Waals surface area contributed by atoms with Crippen molar-refractivity contribution in [2.75, 3.05) is 25.3 Å². The lowest BCUT2D eigenvalue weighted by Crippen LogP contribution is -1.99. The number of hydrogen-bond acceptors (Lipinski definition) is 6. The Hall–Kier alpha value is -2.99. The number of halogens is 1. The van der Waals surface area contributed by atoms with Crippen LogP contribution >= 0.6 is 11.6 Å². The van der Waals surface area contributed by atoms with E-state index in [9.17, 15) is 0 Å². The highest BCUT2D eigenvalue weighted by atomic mass is 35.5. The molecule has 0 saturated heterocycles. The number of nitrogens with two attached hydrogens (primary N) is 1. The molecule has 3 rings (SSSR count). The molecule has 3 aromatic rings. The van der Waals surface area contributed by atoms with Gasteiger partial charge >= 0.3 is 0 Å². The lowest BCUT2D eigenvalue weighted by Gasteiger charge is -2.11. The fraction of sp³-hybridized carbons (Fsp3) is 0.111. The maximum absolute atomic E-state index is 5.97. The third-order valence-corrected chi connectivity index (χ3v) is 3.93. The summed E-state index contributed by atoms with van der Waals surface area (Å²) in [7, 11) is 3.18. The molecule has 2 aromatic carbocycles. The quantitative estimate of drug-likeness (QED) is 0.668. The summed E-state index contributed by atoms with van der Waals surface area (Å²) in [5.41, 5.74) is 8.75. The van der Waals surface area contributed by atoms with Gasteiger partial charge < -0.3 is 20.5 Å². The second-order valence-corrected chi connectivity index (χ2v) is 5.60. The van der Waals surface area contributed by atoms with Gasteiger partial charge in [0.2, 0.25) is 5.95 Å². The molecule has 0 saturated carbocycles. The topological polar surface area (TPSA) is 82.3 Å². The van der Waals surface area contributed by atoms with E-state index < -0.39 is 0 Å². The van der Waals surface area contributed by atoms with E-state index in [0.717, 1.165) is 16.9 Å². The molecule has 0 bridgehead atoms. The van der Waals surface area contributed by atoms with Crippen molar-refractivity contribution in [2.45, 2.75) is 0 Å². The lowest BCUT2D eigenvalue weighted by atomic mass is 10.1. The molecule has 0 amide bonds. The van der Waals surface area contributed by atoms with Gasteiger partial charge in [-0.15, -0.1) is 0 Å². The second-order valence-electron chi connectivity index (χ2n) is 5.20. The summed E-state index contributed by atoms with van der Waals surface area (Å²) in [5.74, 6) is 1.73. The molecule has 6 nitrogen and oxygen atoms in total. The van der Waals surface area contributed by atoms with E-state index in [1.165, 1.54) is 0 Å². The highest BCUT2D eigenvalue weighted by Crippen LogP contribution is 2.31. The smallest absolute Gasteiger partial charge is 0.227 e. The fourth-order valence-electron chi connectivity index (χ4n) is 2.33. The Morgan fingerprint density at radius 2 is 1.80 bits per heavy atom. The van der Waals surface area contributed by atoms with Gasteiger partial charge in [0.1, 0.15) is 0 Å². The molecule has 0 radical (unpaired) electrons. The largest absolute Gasteiger partial charge is 0.493 e. The van der Waals surface area contributed by atoms with Crippen molar-refractivity contribution in [1.29, 1.82) is 0 Å². The number of rotatable bonds is 5. The van der Waals surface area contributed by atoms with E-state index >= 15 is 0 Å². The van der Waals surface area contributed by atoms with E-state index in [2.05, 4.69) is 15.3 Å². The van der Waals surface area contributed by atoms with Gasteiger partial charge in [-0.1, -0.05) is 17.7 Å². The maximum Gasteiger partial charge on any atom is 0.227 e. The van der Waals surface area contributed by atoms with E-state index in [0.29, 0.717) is 28.2 Å². The molecular weight excluding hydrogens is 340 g/mol. The van der Waals surface area contributed by atoms with Crippen LogP contribution in [0.2, 0.25) is 5.02 Å². The van der Waals surface area contributed by atoms with Gasteiger partial charge in [0.05, 0.1) is 30.6 Å². The van der Waals surface area contributed by atoms with Crippen molar-refractivity contribution >= 4 is 28.9 Å². The van der Waals surface area contributed by atoms with Gasteiger partial charge in [-0.25, -0.2) is 9.97 Å². The van der Waals surface area contributed by atoms with Gasteiger partial charge in [0.15, 0.2) is 11.5 Å². The van der Waals surface area contributed by atoms with Gasteiger partial charge in [0, 0.05) is 23.5 Å². The van der Waals surface area contributed by atoms with Gasteiger partial charge in [-0.2, -0.15) is 0 Å². The van der Waals surface area contributed by atoms with Crippen LogP contribution in [0.15, 0.2) is 48.7 Å². The van der Waals surface area contributed by atoms with Crippen LogP contribution in [0.1, 0.15) is 0 Å². The zero-order valence-corrected chi connectivity index (χ0v) is 14.5. The summed E-state index contributed by atoms with van der Waals surface area (Å²) in [6.07, 6.45) is 1.68. The first-order valence-electron chi connectivity index (χ1n) is 7.48. The summed E-state index contributed by atoms with van der Waals surface area (Å²) in [4.78, 5) is 8.76. The van der Waals surface area contributed by atoms with Crippen LogP contribution in [0.4, 0.5) is 17.3 Å². The van der Waals surface area contributed by atoms with Crippen LogP contribution < -0.4 is 20.5 Å². The molecule has 0 unspecified atom stereocenters. The molecule has 7 heteroatoms. The van der Waals surface area contributed by atoms with Crippen LogP contribution in [-0.4, -0.2) is 24.2 Å². The molecule has 0 spiro atoms. The Morgan fingerprint density at radius 1 is 1.00 bits per heavy atom. The molecular formula is C18H17ClN4O2. The first kappa shape index (κ1) is 16.9. The Kier molecular flexibility index (Phi) is 4.90. The molecule has 25 heavy (non-hydrogen) atoms. The van der Waals surface area contributed by atoms with Crippen LogP contribution in [0.3, 0.4) is 0 Å². The number of aromatic nitrogens is 2. The predicted molar refractivity (Wildman–Crippen MR) is 99.7 cm³/mol. The van der Waals surface area contributed by atoms with Crippen molar-refractivity contribution in [1.82, 2.24) is 9.97 Å². The van der Waals surface area contributed by atoms with Crippen LogP contribution in [0.25, 0.3) is 11.3 Å². The predicted octanol–water partition coefficient (Wildman–Crippen LogP) is 4.14. The molecule has 0 atom stereocenters. The fourth-order valence-corrected chi connectivity index (χ4v) is 2.44. The van der Waals surface area contributed by atoms with E-state index in [4.69, 9.17) is 26.8 Å². The lowest BCUT2D eigenvalue weighted by molar-refractivity contribution is 0.355. The Bertz CT molecular complexity index is 902. The minimum atomic E-state index is 0.457. The van der Waals surface area contributed by atoms with Gasteiger partial charge in [0.25, 0.3) is 0 Å². The average molecular weight is 357 g/mol. The number of benzene rings is 2. The molecule has 3 N–H and O–H groups in total. The highest BCUT2D eigenvalue weighted by molar-refractivity contribution is 6.33. The van der Waals surface area contributed by atoms with Crippen molar-refractivity contribution < 1.29 is 9.47 Å². The van der Waals surface area contributed by atoms with Gasteiger partial charge in [-0.05, 0) is 30.3 Å². The van der Waals surface area contributed by atoms with Crippen LogP contribution in [0.5, 0.6) is 11.5 Å². The van der Waals surface area contributed by atoms with Crippen molar-refractivity contribution in [2.24, 2.45) is 0 Å². The molecule has 0 aliphatic carbocycles. The summed E-state index contributed by atoms with van der Waals surface area (Å²) < 4.78 is 10.5. The zero-order chi connectivity index (χ0) is 17.8. The summed E-state index contributed by atoms with van der Waals surface area (Å²) >= 11 is 5.97. The number of ether oxygens (including phenoxy) is 2. The van der Waals surface area contributed by atoms with Crippen molar-refractivity contribution in [3.8, 4) is 22.8 Å². The maximum atomic E-state index is 5.97. The number of methoxy groups -OCH3 is 2. The summed E-state index contributed by atoms with van der Waals surface area (Å²) in [5, 5.41) is 3.67. The molecule has 0 aliphatic rings. The number of anilines is 3. The minimum absolute atomic E-state index is 0.457. The van der Waals surface area contributed by atoms with Crippen molar-refractivity contribution in [3.05, 3.63) is 53.7 Å². The Morgan fingerprint density at radius 3 is 2.52 bits per heavy atom. The Labute approximate surface area is 150 Å². The second kappa shape index (κ2) is 7.27. The van der Waals surface area contributed by atoms with E-state index in [-0.39, 0.29) is 0 Å². The SMILES string of the molecule is COc1ccc(Nc2nccc(-c3ccc(Cl)c(N)c3)n2)cc1OC. The third-order valence-electron chi connectivity index (χ3n) is 3.59. The Balaban J connectivity index is 1.88. The normalized spacial score (nSPS) is 10.4. The average Bonchev–Trinajstić information content (AvgIpc) is 2.64. The van der Waals surface area contributed by atoms with Gasteiger partial charge in [-0.3, -0.25) is 0 Å². The molecule has 0 aliphatic heterocycles. The monoisotopic (exact) mass is 356 g/mol. The first-order chi connectivity index (χ1) is 12.1. The number of hydrogen-bond donors (Lipinski definition) is 2. The molecule has 1 heterocycles. The first-order valence-corrected chi connectivity index (χ1v) is 7.86. The molecule has 0 fully saturated rings. The number of nitrogens with one attached hydrogen (secondary N) is 1. The third kappa shape index (κ3) is 3.75. The molecule has 1 aromatic heterocycles. The molecule has 128 valence electrons. The van der Waals surface area contributed by atoms with Crippen LogP contribution in [0, 0.1) is 0 Å². The van der Waals surface area contributed by atoms with Crippen molar-refractivity contribution in [3.63, 3.8) is 0 Å². The van der Waals surface area contributed by atoms with Crippen LogP contribution in [-0.2, 0) is 0 Å². The summed E-state index contributed by atoms with van der Waals surface area (Å²) in [6, 6.07) is 12.7. The standard InChI is InChI=1S/C18H17ClN4O2/c1-24-16-6-4-12(10-17(16)25-2)22-18-21-8-7-15(23-18)11-3-5-13(19)14(20)9-11/h3-10H,20H2,1-2H3,(H,21,22,23). The van der Waals surface area contributed by atoms with E-state index in [1.807, 2.05) is 30.3 Å². The number of nitrogen functional groups attached to an aromatic ring is 1. The summed E-state index contributed by atoms with van der Waals surface area (Å²) in [6.45, 7) is 0. The minimum Gasteiger partial charge on any atom is -0.493 e. The zero-order valence-electron chi connectivity index (χ0n) is 13.8. The number of nitrogens with zero attached hydrogens (tertiary/aromatic N) is 2. The highest BCUT2D eigenvalue weighted by Gasteiger charge is 2.08. The van der Waals surface area contributed by atoms with E-state index in [1.54, 1.807) is 32.5 Å².